The lowest BCUT2D eigenvalue weighted by molar-refractivity contribution is -0.129. The maximum absolute atomic E-state index is 11.9. The van der Waals surface area contributed by atoms with E-state index in [2.05, 4.69) is 37.4 Å². The molecule has 1 aliphatic carbocycles. The molecule has 0 N–H and O–H groups in total. The number of methoxy groups -OCH3 is 2. The Balaban J connectivity index is 1.69. The maximum atomic E-state index is 11.9. The molecule has 6 nitrogen and oxygen atoms in total. The van der Waals surface area contributed by atoms with Crippen LogP contribution in [0.3, 0.4) is 0 Å². The van der Waals surface area contributed by atoms with Crippen molar-refractivity contribution in [1.29, 1.82) is 0 Å². The molecule has 5 aromatic rings. The van der Waals surface area contributed by atoms with Gasteiger partial charge in [0.05, 0.1) is 19.6 Å². The Morgan fingerprint density at radius 3 is 1.53 bits per heavy atom. The van der Waals surface area contributed by atoms with Gasteiger partial charge in [0.1, 0.15) is 11.5 Å². The van der Waals surface area contributed by atoms with Crippen molar-refractivity contribution in [2.45, 2.75) is 5.41 Å². The van der Waals surface area contributed by atoms with Crippen LogP contribution in [0.4, 0.5) is 0 Å². The predicted octanol–water partition coefficient (Wildman–Crippen LogP) is 7.40. The molecule has 212 valence electrons. The fourth-order valence-electron chi connectivity index (χ4n) is 5.98. The van der Waals surface area contributed by atoms with Gasteiger partial charge in [0.15, 0.2) is 11.5 Å². The summed E-state index contributed by atoms with van der Waals surface area (Å²) in [5, 5.41) is 2.20. The van der Waals surface area contributed by atoms with E-state index >= 15 is 0 Å². The van der Waals surface area contributed by atoms with Crippen LogP contribution in [-0.4, -0.2) is 26.2 Å². The molecular weight excluding hydrogens is 540 g/mol. The number of esters is 2. The van der Waals surface area contributed by atoms with Gasteiger partial charge in [-0.3, -0.25) is 0 Å². The summed E-state index contributed by atoms with van der Waals surface area (Å²) in [5.74, 6) is 0.948. The molecule has 0 spiro atoms. The van der Waals surface area contributed by atoms with Gasteiger partial charge in [-0.15, -0.1) is 0 Å². The van der Waals surface area contributed by atoms with Crippen LogP contribution in [0.5, 0.6) is 23.0 Å². The van der Waals surface area contributed by atoms with Crippen molar-refractivity contribution in [2.75, 3.05) is 14.2 Å². The standard InChI is InChI=1S/C37H28O6/c1-5-35(38)42-27-15-11-25(12-16-27)37(26-13-17-28(18-14-26)43-36(39)6-2)31-20-24-10-8-7-9-23(24)19-29(31)30-21-33(40-3)34(41-4)22-32(30)37/h5-22H,1-2H2,3-4H3. The van der Waals surface area contributed by atoms with Gasteiger partial charge in [-0.2, -0.15) is 0 Å². The maximum Gasteiger partial charge on any atom is 0.335 e. The Labute approximate surface area is 249 Å². The molecule has 6 heteroatoms. The molecule has 1 aliphatic rings. The second-order valence-corrected chi connectivity index (χ2v) is 10.0. The molecule has 0 aromatic heterocycles. The van der Waals surface area contributed by atoms with Gasteiger partial charge in [0.25, 0.3) is 0 Å². The molecule has 0 fully saturated rings. The molecule has 0 unspecified atom stereocenters. The first kappa shape index (κ1) is 27.5. The van der Waals surface area contributed by atoms with Crippen LogP contribution in [0.25, 0.3) is 21.9 Å². The third-order valence-corrected chi connectivity index (χ3v) is 7.85. The molecule has 0 atom stereocenters. The van der Waals surface area contributed by atoms with Crippen molar-refractivity contribution in [1.82, 2.24) is 0 Å². The zero-order valence-corrected chi connectivity index (χ0v) is 23.8. The van der Waals surface area contributed by atoms with Gasteiger partial charge in [0, 0.05) is 12.2 Å². The fraction of sp³-hybridized carbons (Fsp3) is 0.0811. The van der Waals surface area contributed by atoms with Crippen molar-refractivity contribution < 1.29 is 28.5 Å². The van der Waals surface area contributed by atoms with E-state index in [0.29, 0.717) is 23.0 Å². The van der Waals surface area contributed by atoms with Crippen molar-refractivity contribution in [3.63, 3.8) is 0 Å². The summed E-state index contributed by atoms with van der Waals surface area (Å²) in [6, 6.07) is 31.7. The number of carbonyl (C=O) groups excluding carboxylic acids is 2. The van der Waals surface area contributed by atoms with E-state index in [9.17, 15) is 9.59 Å². The monoisotopic (exact) mass is 568 g/mol. The van der Waals surface area contributed by atoms with E-state index in [1.165, 1.54) is 0 Å². The van der Waals surface area contributed by atoms with E-state index in [-0.39, 0.29) is 0 Å². The summed E-state index contributed by atoms with van der Waals surface area (Å²) in [6.45, 7) is 6.98. The van der Waals surface area contributed by atoms with Crippen LogP contribution >= 0.6 is 0 Å². The third-order valence-electron chi connectivity index (χ3n) is 7.85. The first-order valence-corrected chi connectivity index (χ1v) is 13.6. The second kappa shape index (κ2) is 11.0. The summed E-state index contributed by atoms with van der Waals surface area (Å²) in [4.78, 5) is 23.8. The molecule has 6 rings (SSSR count). The number of carbonyl (C=O) groups is 2. The van der Waals surface area contributed by atoms with Gasteiger partial charge >= 0.3 is 11.9 Å². The van der Waals surface area contributed by atoms with Gasteiger partial charge in [-0.05, 0) is 92.7 Å². The van der Waals surface area contributed by atoms with Crippen LogP contribution < -0.4 is 18.9 Å². The van der Waals surface area contributed by atoms with Crippen LogP contribution in [0, 0.1) is 0 Å². The molecule has 0 aliphatic heterocycles. The molecular formula is C37H28O6. The molecule has 0 heterocycles. The lowest BCUT2D eigenvalue weighted by atomic mass is 9.67. The Bertz CT molecular complexity index is 1840. The van der Waals surface area contributed by atoms with Crippen LogP contribution in [0.1, 0.15) is 22.3 Å². The van der Waals surface area contributed by atoms with Crippen molar-refractivity contribution in [3.05, 3.63) is 145 Å². The topological polar surface area (TPSA) is 71.1 Å². The van der Waals surface area contributed by atoms with E-state index in [0.717, 1.165) is 56.3 Å². The van der Waals surface area contributed by atoms with Crippen molar-refractivity contribution in [2.24, 2.45) is 0 Å². The lowest BCUT2D eigenvalue weighted by Crippen LogP contribution is -2.28. The average molecular weight is 569 g/mol. The first-order chi connectivity index (χ1) is 20.9. The highest BCUT2D eigenvalue weighted by Gasteiger charge is 2.47. The summed E-state index contributed by atoms with van der Waals surface area (Å²) < 4.78 is 22.3. The van der Waals surface area contributed by atoms with Crippen LogP contribution in [-0.2, 0) is 15.0 Å². The van der Waals surface area contributed by atoms with Gasteiger partial charge < -0.3 is 18.9 Å². The van der Waals surface area contributed by atoms with Gasteiger partial charge in [-0.1, -0.05) is 61.7 Å². The zero-order valence-electron chi connectivity index (χ0n) is 23.8. The number of hydrogen-bond donors (Lipinski definition) is 0. The largest absolute Gasteiger partial charge is 0.493 e. The highest BCUT2D eigenvalue weighted by molar-refractivity contribution is 5.96. The summed E-state index contributed by atoms with van der Waals surface area (Å²) in [6.07, 6.45) is 2.26. The molecule has 43 heavy (non-hydrogen) atoms. The Morgan fingerprint density at radius 1 is 0.605 bits per heavy atom. The lowest BCUT2D eigenvalue weighted by Gasteiger charge is -2.34. The van der Waals surface area contributed by atoms with E-state index in [1.54, 1.807) is 38.5 Å². The highest BCUT2D eigenvalue weighted by atomic mass is 16.5. The number of benzene rings is 5. The molecule has 0 bridgehead atoms. The molecule has 0 saturated carbocycles. The number of fused-ring (bicyclic) bond motifs is 4. The number of rotatable bonds is 8. The van der Waals surface area contributed by atoms with E-state index in [4.69, 9.17) is 18.9 Å². The predicted molar refractivity (Wildman–Crippen MR) is 166 cm³/mol. The normalized spacial score (nSPS) is 12.5. The van der Waals surface area contributed by atoms with E-state index < -0.39 is 17.4 Å². The molecule has 0 radical (unpaired) electrons. The minimum atomic E-state index is -0.823. The van der Waals surface area contributed by atoms with Crippen LogP contribution in [0.15, 0.2) is 122 Å². The minimum Gasteiger partial charge on any atom is -0.493 e. The van der Waals surface area contributed by atoms with E-state index in [1.807, 2.05) is 48.5 Å². The fourth-order valence-corrected chi connectivity index (χ4v) is 5.98. The van der Waals surface area contributed by atoms with Crippen molar-refractivity contribution >= 4 is 22.7 Å². The number of hydrogen-bond acceptors (Lipinski definition) is 6. The van der Waals surface area contributed by atoms with Crippen LogP contribution in [0.2, 0.25) is 0 Å². The molecule has 5 aromatic carbocycles. The Morgan fingerprint density at radius 2 is 1.05 bits per heavy atom. The molecule has 0 saturated heterocycles. The minimum absolute atomic E-state index is 0.403. The Kier molecular flexibility index (Phi) is 7.04. The quantitative estimate of drug-likeness (QED) is 0.108. The number of ether oxygens (including phenoxy) is 4. The third kappa shape index (κ3) is 4.53. The average Bonchev–Trinajstić information content (AvgIpc) is 3.32. The second-order valence-electron chi connectivity index (χ2n) is 10.0. The summed E-state index contributed by atoms with van der Waals surface area (Å²) in [5.41, 5.74) is 5.15. The highest BCUT2D eigenvalue weighted by Crippen LogP contribution is 2.59. The summed E-state index contributed by atoms with van der Waals surface area (Å²) >= 11 is 0. The summed E-state index contributed by atoms with van der Waals surface area (Å²) in [7, 11) is 3.24. The SMILES string of the molecule is C=CC(=O)Oc1ccc(C2(c3ccc(OC(=O)C=C)cc3)c3cc(OC)c(OC)cc3-c3cc4ccccc4cc32)cc1. The van der Waals surface area contributed by atoms with Gasteiger partial charge in [0.2, 0.25) is 0 Å². The molecule has 0 amide bonds. The zero-order chi connectivity index (χ0) is 30.1. The first-order valence-electron chi connectivity index (χ1n) is 13.6. The van der Waals surface area contributed by atoms with Gasteiger partial charge in [-0.25, -0.2) is 9.59 Å². The smallest absolute Gasteiger partial charge is 0.335 e. The van der Waals surface area contributed by atoms with Crippen molar-refractivity contribution in [3.8, 4) is 34.1 Å². The Hall–Kier alpha value is -5.62.